The summed E-state index contributed by atoms with van der Waals surface area (Å²) < 4.78 is 2.10. The highest BCUT2D eigenvalue weighted by molar-refractivity contribution is 7.78. The number of benzene rings is 1. The summed E-state index contributed by atoms with van der Waals surface area (Å²) in [6.07, 6.45) is 8.13. The van der Waals surface area contributed by atoms with Crippen LogP contribution in [-0.2, 0) is 4.79 Å². The Balaban J connectivity index is 1.46. The predicted molar refractivity (Wildman–Crippen MR) is 145 cm³/mol. The lowest BCUT2D eigenvalue weighted by Crippen LogP contribution is -2.25. The maximum absolute atomic E-state index is 12.9. The van der Waals surface area contributed by atoms with E-state index in [1.54, 1.807) is 25.2 Å². The third-order valence-corrected chi connectivity index (χ3v) is 6.43. The van der Waals surface area contributed by atoms with Crippen molar-refractivity contribution in [1.29, 1.82) is 0 Å². The van der Waals surface area contributed by atoms with Crippen LogP contribution in [0.3, 0.4) is 0 Å². The van der Waals surface area contributed by atoms with E-state index in [4.69, 9.17) is 4.98 Å². The Labute approximate surface area is 216 Å². The number of fused-ring (bicyclic) bond motifs is 1. The molecule has 1 aliphatic carbocycles. The number of rotatable bonds is 10. The second-order valence-corrected chi connectivity index (χ2v) is 9.37. The van der Waals surface area contributed by atoms with Gasteiger partial charge in [0.2, 0.25) is 11.9 Å². The summed E-state index contributed by atoms with van der Waals surface area (Å²) in [6.45, 7) is 0.601. The number of thiocarbonyl (C=S) groups is 1. The van der Waals surface area contributed by atoms with Crippen LogP contribution in [0, 0.1) is 0 Å². The molecule has 1 fully saturated rings. The van der Waals surface area contributed by atoms with E-state index in [1.807, 2.05) is 30.3 Å². The lowest BCUT2D eigenvalue weighted by molar-refractivity contribution is -0.116. The van der Waals surface area contributed by atoms with Crippen molar-refractivity contribution >= 4 is 57.6 Å². The van der Waals surface area contributed by atoms with Crippen molar-refractivity contribution in [3.8, 4) is 0 Å². The van der Waals surface area contributed by atoms with Gasteiger partial charge >= 0.3 is 0 Å². The molecule has 1 aliphatic rings. The monoisotopic (exact) mass is 505 g/mol. The van der Waals surface area contributed by atoms with E-state index in [-0.39, 0.29) is 17.9 Å². The maximum Gasteiger partial charge on any atom is 0.270 e. The lowest BCUT2D eigenvalue weighted by Gasteiger charge is -2.19. The standard InChI is InChI=1S/C26H31N7O2S/c1-32(2)25(35)22-15-18-16-28-26(31-24(18)33(22)21-7-3-4-8-21)30-20-12-10-19(11-13-20)29-23(34)9-5-6-14-27-17-36/h10-13,15-16,21H,3-9,14H2,1-2H3,(H,29,34)(H,28,30,31). The van der Waals surface area contributed by atoms with E-state index < -0.39 is 0 Å². The van der Waals surface area contributed by atoms with Crippen molar-refractivity contribution in [3.05, 3.63) is 42.2 Å². The summed E-state index contributed by atoms with van der Waals surface area (Å²) in [5, 5.41) is 9.33. The highest BCUT2D eigenvalue weighted by atomic mass is 32.1. The largest absolute Gasteiger partial charge is 0.343 e. The first-order chi connectivity index (χ1) is 17.5. The molecule has 0 aliphatic heterocycles. The molecular weight excluding hydrogens is 474 g/mol. The lowest BCUT2D eigenvalue weighted by atomic mass is 10.2. The minimum Gasteiger partial charge on any atom is -0.343 e. The maximum atomic E-state index is 12.9. The average Bonchev–Trinajstić information content (AvgIpc) is 3.52. The van der Waals surface area contributed by atoms with Crippen molar-refractivity contribution in [1.82, 2.24) is 19.4 Å². The average molecular weight is 506 g/mol. The number of isothiocyanates is 1. The summed E-state index contributed by atoms with van der Waals surface area (Å²) in [7, 11) is 3.53. The molecule has 188 valence electrons. The van der Waals surface area contributed by atoms with Crippen LogP contribution in [0.5, 0.6) is 0 Å². The van der Waals surface area contributed by atoms with Gasteiger partial charge in [-0.2, -0.15) is 4.98 Å². The van der Waals surface area contributed by atoms with Gasteiger partial charge in [-0.15, -0.1) is 0 Å². The van der Waals surface area contributed by atoms with E-state index in [0.29, 0.717) is 24.6 Å². The summed E-state index contributed by atoms with van der Waals surface area (Å²) in [5.74, 6) is 0.390. The fourth-order valence-corrected chi connectivity index (χ4v) is 4.60. The Morgan fingerprint density at radius 1 is 1.17 bits per heavy atom. The first-order valence-corrected chi connectivity index (χ1v) is 12.7. The van der Waals surface area contributed by atoms with E-state index in [9.17, 15) is 9.59 Å². The molecule has 4 rings (SSSR count). The second-order valence-electron chi connectivity index (χ2n) is 9.19. The van der Waals surface area contributed by atoms with Gasteiger partial charge in [0.05, 0.1) is 5.16 Å². The smallest absolute Gasteiger partial charge is 0.270 e. The molecule has 0 saturated heterocycles. The fourth-order valence-electron chi connectivity index (χ4n) is 4.51. The molecule has 0 unspecified atom stereocenters. The molecule has 0 spiro atoms. The Morgan fingerprint density at radius 2 is 1.89 bits per heavy atom. The van der Waals surface area contributed by atoms with Gasteiger partial charge in [-0.1, -0.05) is 12.8 Å². The third kappa shape index (κ3) is 6.13. The van der Waals surface area contributed by atoms with Crippen LogP contribution in [0.1, 0.15) is 61.5 Å². The Morgan fingerprint density at radius 3 is 2.58 bits per heavy atom. The molecule has 36 heavy (non-hydrogen) atoms. The second kappa shape index (κ2) is 11.9. The van der Waals surface area contributed by atoms with Gasteiger partial charge in [-0.05, 0) is 68.2 Å². The molecule has 9 nitrogen and oxygen atoms in total. The van der Waals surface area contributed by atoms with Crippen LogP contribution >= 0.6 is 12.2 Å². The molecule has 0 bridgehead atoms. The number of hydrogen-bond donors (Lipinski definition) is 2. The van der Waals surface area contributed by atoms with Gasteiger partial charge in [0.25, 0.3) is 5.91 Å². The molecule has 0 atom stereocenters. The molecule has 2 heterocycles. The number of amides is 2. The van der Waals surface area contributed by atoms with Crippen LogP contribution < -0.4 is 10.6 Å². The SMILES string of the molecule is CN(C)C(=O)c1cc2cnc(Nc3ccc(NC(=O)CCCCN=C=S)cc3)nc2n1C1CCCC1. The van der Waals surface area contributed by atoms with Gasteiger partial charge in [0.15, 0.2) is 0 Å². The van der Waals surface area contributed by atoms with Crippen molar-refractivity contribution in [2.24, 2.45) is 4.99 Å². The van der Waals surface area contributed by atoms with Crippen LogP contribution in [-0.4, -0.2) is 57.1 Å². The molecule has 3 aromatic rings. The third-order valence-electron chi connectivity index (χ3n) is 6.30. The zero-order valence-electron chi connectivity index (χ0n) is 20.7. The van der Waals surface area contributed by atoms with Crippen LogP contribution in [0.15, 0.2) is 41.5 Å². The summed E-state index contributed by atoms with van der Waals surface area (Å²) in [5.41, 5.74) is 2.94. The Kier molecular flexibility index (Phi) is 8.40. The van der Waals surface area contributed by atoms with Crippen molar-refractivity contribution in [3.63, 3.8) is 0 Å². The summed E-state index contributed by atoms with van der Waals surface area (Å²) in [6, 6.07) is 9.57. The van der Waals surface area contributed by atoms with Crippen LogP contribution in [0.25, 0.3) is 11.0 Å². The number of aliphatic imine (C=N–C) groups is 1. The Bertz CT molecular complexity index is 1270. The molecule has 1 saturated carbocycles. The van der Waals surface area contributed by atoms with E-state index in [0.717, 1.165) is 60.9 Å². The first-order valence-electron chi connectivity index (χ1n) is 12.3. The van der Waals surface area contributed by atoms with Crippen LogP contribution in [0.4, 0.5) is 17.3 Å². The van der Waals surface area contributed by atoms with Gasteiger partial charge in [-0.3, -0.25) is 9.59 Å². The molecule has 10 heteroatoms. The number of aromatic nitrogens is 3. The molecule has 2 amide bonds. The number of nitrogens with zero attached hydrogens (tertiary/aromatic N) is 5. The highest BCUT2D eigenvalue weighted by Gasteiger charge is 2.26. The van der Waals surface area contributed by atoms with Gasteiger partial charge in [0, 0.05) is 56.1 Å². The van der Waals surface area contributed by atoms with E-state index in [1.165, 1.54) is 0 Å². The quantitative estimate of drug-likeness (QED) is 0.223. The van der Waals surface area contributed by atoms with E-state index in [2.05, 4.69) is 42.6 Å². The number of hydrogen-bond acceptors (Lipinski definition) is 7. The van der Waals surface area contributed by atoms with Crippen molar-refractivity contribution in [2.75, 3.05) is 31.3 Å². The summed E-state index contributed by atoms with van der Waals surface area (Å²) >= 11 is 4.54. The summed E-state index contributed by atoms with van der Waals surface area (Å²) in [4.78, 5) is 39.7. The molecule has 0 radical (unpaired) electrons. The number of carbonyl (C=O) groups excluding carboxylic acids is 2. The van der Waals surface area contributed by atoms with Crippen molar-refractivity contribution in [2.45, 2.75) is 51.0 Å². The number of anilines is 3. The topological polar surface area (TPSA) is 105 Å². The van der Waals surface area contributed by atoms with Crippen LogP contribution in [0.2, 0.25) is 0 Å². The minimum atomic E-state index is -0.0356. The van der Waals surface area contributed by atoms with Crippen molar-refractivity contribution < 1.29 is 9.59 Å². The van der Waals surface area contributed by atoms with E-state index >= 15 is 0 Å². The zero-order chi connectivity index (χ0) is 25.5. The minimum absolute atomic E-state index is 0.0319. The Hall–Kier alpha value is -3.62. The molecular formula is C26H31N7O2S. The predicted octanol–water partition coefficient (Wildman–Crippen LogP) is 5.20. The number of nitrogens with one attached hydrogen (secondary N) is 2. The first kappa shape index (κ1) is 25.5. The van der Waals surface area contributed by atoms with Gasteiger partial charge in [-0.25, -0.2) is 9.98 Å². The number of carbonyl (C=O) groups is 2. The molecule has 1 aromatic carbocycles. The normalized spacial score (nSPS) is 13.4. The molecule has 2 aromatic heterocycles. The number of unbranched alkanes of at least 4 members (excludes halogenated alkanes) is 1. The molecule has 2 N–H and O–H groups in total. The highest BCUT2D eigenvalue weighted by Crippen LogP contribution is 2.35. The van der Waals surface area contributed by atoms with Gasteiger partial charge in [0.1, 0.15) is 11.3 Å². The zero-order valence-corrected chi connectivity index (χ0v) is 21.5. The fraction of sp³-hybridized carbons (Fsp3) is 0.423. The van der Waals surface area contributed by atoms with Gasteiger partial charge < -0.3 is 20.1 Å².